The van der Waals surface area contributed by atoms with Gasteiger partial charge in [-0.3, -0.25) is 4.79 Å². The Labute approximate surface area is 138 Å². The quantitative estimate of drug-likeness (QED) is 0.646. The second-order valence-electron chi connectivity index (χ2n) is 4.83. The van der Waals surface area contributed by atoms with Crippen LogP contribution in [0.2, 0.25) is 5.02 Å². The summed E-state index contributed by atoms with van der Waals surface area (Å²) in [6.45, 7) is 5.65. The SMILES string of the molecule is CCc1nnc(SC(C)C(=O)Nc2cc(Cl)ccc2C)n1N. The Morgan fingerprint density at radius 1 is 1.50 bits per heavy atom. The average molecular weight is 340 g/mol. The number of anilines is 1. The maximum absolute atomic E-state index is 12.3. The number of benzene rings is 1. The Morgan fingerprint density at radius 2 is 2.23 bits per heavy atom. The predicted octanol–water partition coefficient (Wildman–Crippen LogP) is 2.64. The van der Waals surface area contributed by atoms with E-state index in [0.29, 0.717) is 28.1 Å². The number of amides is 1. The molecule has 0 bridgehead atoms. The molecule has 118 valence electrons. The molecule has 0 fully saturated rings. The lowest BCUT2D eigenvalue weighted by Crippen LogP contribution is -2.24. The number of carbonyl (C=O) groups excluding carboxylic acids is 1. The van der Waals surface area contributed by atoms with Crippen LogP contribution in [-0.2, 0) is 11.2 Å². The minimum absolute atomic E-state index is 0.142. The molecule has 22 heavy (non-hydrogen) atoms. The summed E-state index contributed by atoms with van der Waals surface area (Å²) in [5.74, 6) is 6.42. The van der Waals surface area contributed by atoms with Crippen molar-refractivity contribution < 1.29 is 4.79 Å². The number of aromatic nitrogens is 3. The molecular formula is C14H18ClN5OS. The number of halogens is 1. The first-order chi connectivity index (χ1) is 10.4. The second kappa shape index (κ2) is 7.02. The fourth-order valence-corrected chi connectivity index (χ4v) is 2.76. The first-order valence-electron chi connectivity index (χ1n) is 6.85. The number of nitrogens with one attached hydrogen (secondary N) is 1. The van der Waals surface area contributed by atoms with Gasteiger partial charge in [-0.25, -0.2) is 4.68 Å². The molecule has 2 rings (SSSR count). The number of aryl methyl sites for hydroxylation is 2. The zero-order valence-corrected chi connectivity index (χ0v) is 14.2. The van der Waals surface area contributed by atoms with Gasteiger partial charge in [0.15, 0.2) is 5.82 Å². The van der Waals surface area contributed by atoms with Crippen LogP contribution in [0.25, 0.3) is 0 Å². The Morgan fingerprint density at radius 3 is 2.86 bits per heavy atom. The van der Waals surface area contributed by atoms with E-state index in [2.05, 4.69) is 15.5 Å². The van der Waals surface area contributed by atoms with Crippen LogP contribution in [0.3, 0.4) is 0 Å². The Balaban J connectivity index is 2.06. The fourth-order valence-electron chi connectivity index (χ4n) is 1.80. The summed E-state index contributed by atoms with van der Waals surface area (Å²) in [5, 5.41) is 11.6. The molecule has 2 aromatic rings. The molecule has 0 saturated heterocycles. The van der Waals surface area contributed by atoms with Crippen molar-refractivity contribution in [2.24, 2.45) is 0 Å². The zero-order valence-electron chi connectivity index (χ0n) is 12.6. The largest absolute Gasteiger partial charge is 0.336 e. The predicted molar refractivity (Wildman–Crippen MR) is 89.7 cm³/mol. The fraction of sp³-hybridized carbons (Fsp3) is 0.357. The van der Waals surface area contributed by atoms with Crippen LogP contribution in [0, 0.1) is 6.92 Å². The number of hydrogen-bond donors (Lipinski definition) is 2. The lowest BCUT2D eigenvalue weighted by Gasteiger charge is -2.13. The number of thioether (sulfide) groups is 1. The average Bonchev–Trinajstić information content (AvgIpc) is 2.83. The van der Waals surface area contributed by atoms with Crippen molar-refractivity contribution >= 4 is 35.0 Å². The molecule has 1 heterocycles. The number of carbonyl (C=O) groups is 1. The molecule has 0 saturated carbocycles. The van der Waals surface area contributed by atoms with Crippen molar-refractivity contribution in [2.75, 3.05) is 11.2 Å². The molecule has 0 aliphatic rings. The standard InChI is InChI=1S/C14H18ClN5OS/c1-4-12-18-19-14(20(12)16)22-9(3)13(21)17-11-7-10(15)6-5-8(11)2/h5-7,9H,4,16H2,1-3H3,(H,17,21). The van der Waals surface area contributed by atoms with Gasteiger partial charge in [-0.2, -0.15) is 0 Å². The molecule has 1 unspecified atom stereocenters. The van der Waals surface area contributed by atoms with Crippen molar-refractivity contribution in [3.63, 3.8) is 0 Å². The summed E-state index contributed by atoms with van der Waals surface area (Å²) >= 11 is 7.22. The van der Waals surface area contributed by atoms with Crippen LogP contribution in [0.15, 0.2) is 23.4 Å². The van der Waals surface area contributed by atoms with E-state index in [1.165, 1.54) is 16.4 Å². The maximum atomic E-state index is 12.3. The van der Waals surface area contributed by atoms with Gasteiger partial charge in [0.2, 0.25) is 11.1 Å². The minimum Gasteiger partial charge on any atom is -0.336 e. The summed E-state index contributed by atoms with van der Waals surface area (Å²) in [4.78, 5) is 12.3. The maximum Gasteiger partial charge on any atom is 0.237 e. The van der Waals surface area contributed by atoms with E-state index in [4.69, 9.17) is 17.4 Å². The van der Waals surface area contributed by atoms with Crippen LogP contribution >= 0.6 is 23.4 Å². The first kappa shape index (κ1) is 16.6. The van der Waals surface area contributed by atoms with Crippen molar-refractivity contribution in [1.82, 2.24) is 14.9 Å². The van der Waals surface area contributed by atoms with Crippen LogP contribution in [0.5, 0.6) is 0 Å². The molecule has 1 aromatic heterocycles. The van der Waals surface area contributed by atoms with Gasteiger partial charge in [0.05, 0.1) is 5.25 Å². The smallest absolute Gasteiger partial charge is 0.237 e. The van der Waals surface area contributed by atoms with Crippen LogP contribution < -0.4 is 11.2 Å². The number of hydrogen-bond acceptors (Lipinski definition) is 5. The van der Waals surface area contributed by atoms with E-state index in [-0.39, 0.29) is 11.2 Å². The Kier molecular flexibility index (Phi) is 5.31. The van der Waals surface area contributed by atoms with E-state index < -0.39 is 0 Å². The van der Waals surface area contributed by atoms with Gasteiger partial charge in [-0.05, 0) is 31.5 Å². The van der Waals surface area contributed by atoms with E-state index >= 15 is 0 Å². The molecule has 0 spiro atoms. The summed E-state index contributed by atoms with van der Waals surface area (Å²) in [6, 6.07) is 5.38. The molecule has 0 aliphatic carbocycles. The van der Waals surface area contributed by atoms with Gasteiger partial charge in [0.25, 0.3) is 0 Å². The number of nitrogen functional groups attached to an aromatic ring is 1. The topological polar surface area (TPSA) is 85.8 Å². The summed E-state index contributed by atoms with van der Waals surface area (Å²) in [5.41, 5.74) is 1.65. The van der Waals surface area contributed by atoms with Crippen LogP contribution in [0.1, 0.15) is 25.2 Å². The lowest BCUT2D eigenvalue weighted by atomic mass is 10.2. The third-order valence-electron chi connectivity index (χ3n) is 3.16. The van der Waals surface area contributed by atoms with E-state index in [9.17, 15) is 4.79 Å². The molecule has 6 nitrogen and oxygen atoms in total. The van der Waals surface area contributed by atoms with Gasteiger partial charge < -0.3 is 11.2 Å². The van der Waals surface area contributed by atoms with Crippen molar-refractivity contribution in [1.29, 1.82) is 0 Å². The second-order valence-corrected chi connectivity index (χ2v) is 6.58. The molecule has 3 N–H and O–H groups in total. The highest BCUT2D eigenvalue weighted by atomic mass is 35.5. The van der Waals surface area contributed by atoms with Crippen molar-refractivity contribution in [3.05, 3.63) is 34.6 Å². The van der Waals surface area contributed by atoms with Crippen molar-refractivity contribution in [3.8, 4) is 0 Å². The van der Waals surface area contributed by atoms with Gasteiger partial charge in [0, 0.05) is 17.1 Å². The van der Waals surface area contributed by atoms with E-state index in [0.717, 1.165) is 5.56 Å². The molecule has 0 aliphatic heterocycles. The number of nitrogens with two attached hydrogens (primary N) is 1. The van der Waals surface area contributed by atoms with Gasteiger partial charge in [0.1, 0.15) is 0 Å². The zero-order chi connectivity index (χ0) is 16.3. The Hall–Kier alpha value is -1.73. The summed E-state index contributed by atoms with van der Waals surface area (Å²) < 4.78 is 1.42. The molecule has 0 radical (unpaired) electrons. The lowest BCUT2D eigenvalue weighted by molar-refractivity contribution is -0.115. The monoisotopic (exact) mass is 339 g/mol. The van der Waals surface area contributed by atoms with Crippen LogP contribution in [-0.4, -0.2) is 26.0 Å². The molecule has 8 heteroatoms. The highest BCUT2D eigenvalue weighted by Crippen LogP contribution is 2.24. The highest BCUT2D eigenvalue weighted by Gasteiger charge is 2.19. The van der Waals surface area contributed by atoms with Gasteiger partial charge in [-0.15, -0.1) is 10.2 Å². The molecule has 1 amide bonds. The van der Waals surface area contributed by atoms with Gasteiger partial charge in [-0.1, -0.05) is 36.4 Å². The van der Waals surface area contributed by atoms with Gasteiger partial charge >= 0.3 is 0 Å². The Bertz CT molecular complexity index is 688. The molecule has 1 atom stereocenters. The summed E-state index contributed by atoms with van der Waals surface area (Å²) in [7, 11) is 0. The minimum atomic E-state index is -0.366. The third-order valence-corrected chi connectivity index (χ3v) is 4.45. The number of rotatable bonds is 5. The summed E-state index contributed by atoms with van der Waals surface area (Å²) in [6.07, 6.45) is 0.687. The highest BCUT2D eigenvalue weighted by molar-refractivity contribution is 8.00. The number of nitrogens with zero attached hydrogens (tertiary/aromatic N) is 3. The third kappa shape index (κ3) is 3.72. The van der Waals surface area contributed by atoms with E-state index in [1.54, 1.807) is 19.1 Å². The molecular weight excluding hydrogens is 322 g/mol. The normalized spacial score (nSPS) is 12.2. The van der Waals surface area contributed by atoms with Crippen molar-refractivity contribution in [2.45, 2.75) is 37.6 Å². The molecule has 1 aromatic carbocycles. The first-order valence-corrected chi connectivity index (χ1v) is 8.11. The van der Waals surface area contributed by atoms with Crippen LogP contribution in [0.4, 0.5) is 5.69 Å². The van der Waals surface area contributed by atoms with E-state index in [1.807, 2.05) is 19.9 Å².